The molecule has 0 bridgehead atoms. The highest BCUT2D eigenvalue weighted by Crippen LogP contribution is 2.36. The number of methoxy groups -OCH3 is 1. The summed E-state index contributed by atoms with van der Waals surface area (Å²) in [5, 5.41) is 12.9. The van der Waals surface area contributed by atoms with Gasteiger partial charge in [0.25, 0.3) is 5.91 Å². The van der Waals surface area contributed by atoms with Gasteiger partial charge in [-0.15, -0.1) is 11.8 Å². The second-order valence-corrected chi connectivity index (χ2v) is 6.22. The Morgan fingerprint density at radius 2 is 2.14 bits per heavy atom. The summed E-state index contributed by atoms with van der Waals surface area (Å²) >= 11 is 1.80. The number of phenolic OH excluding ortho intramolecular Hbond substituents is 1. The van der Waals surface area contributed by atoms with Crippen LogP contribution in [0, 0.1) is 0 Å². The Morgan fingerprint density at radius 3 is 2.95 bits per heavy atom. The van der Waals surface area contributed by atoms with Crippen molar-refractivity contribution in [3.8, 4) is 11.5 Å². The van der Waals surface area contributed by atoms with Crippen LogP contribution >= 0.6 is 11.8 Å². The van der Waals surface area contributed by atoms with Gasteiger partial charge >= 0.3 is 0 Å². The number of nitrogens with one attached hydrogen (secondary N) is 1. The van der Waals surface area contributed by atoms with E-state index in [2.05, 4.69) is 11.4 Å². The number of carbonyl (C=O) groups is 1. The first-order valence-corrected chi connectivity index (χ1v) is 8.07. The summed E-state index contributed by atoms with van der Waals surface area (Å²) in [5.41, 5.74) is 1.37. The molecule has 2 aromatic carbocycles. The van der Waals surface area contributed by atoms with Gasteiger partial charge in [-0.25, -0.2) is 0 Å². The average Bonchev–Trinajstić information content (AvgIpc) is 2.55. The van der Waals surface area contributed by atoms with Gasteiger partial charge in [0.1, 0.15) is 11.5 Å². The van der Waals surface area contributed by atoms with Crippen LogP contribution in [-0.2, 0) is 0 Å². The molecule has 0 spiro atoms. The number of thioether (sulfide) groups is 1. The summed E-state index contributed by atoms with van der Waals surface area (Å²) in [5.74, 6) is 1.17. The summed E-state index contributed by atoms with van der Waals surface area (Å²) in [6.07, 6.45) is 0.873. The van der Waals surface area contributed by atoms with Gasteiger partial charge in [0, 0.05) is 10.6 Å². The molecule has 0 saturated carbocycles. The monoisotopic (exact) mass is 315 g/mol. The van der Waals surface area contributed by atoms with Gasteiger partial charge in [0.15, 0.2) is 0 Å². The molecule has 1 amide bonds. The number of benzene rings is 2. The predicted octanol–water partition coefficient (Wildman–Crippen LogP) is 3.37. The van der Waals surface area contributed by atoms with Crippen LogP contribution in [0.2, 0.25) is 0 Å². The molecular formula is C17H17NO3S. The van der Waals surface area contributed by atoms with E-state index in [0.717, 1.165) is 17.7 Å². The molecule has 0 fully saturated rings. The highest BCUT2D eigenvalue weighted by molar-refractivity contribution is 7.99. The number of rotatable bonds is 3. The van der Waals surface area contributed by atoms with Crippen LogP contribution < -0.4 is 10.1 Å². The first kappa shape index (κ1) is 14.8. The van der Waals surface area contributed by atoms with Crippen molar-refractivity contribution >= 4 is 17.7 Å². The molecule has 2 N–H and O–H groups in total. The lowest BCUT2D eigenvalue weighted by Gasteiger charge is -2.26. The van der Waals surface area contributed by atoms with Gasteiger partial charge in [-0.1, -0.05) is 18.2 Å². The normalized spacial score (nSPS) is 16.7. The fourth-order valence-corrected chi connectivity index (χ4v) is 3.68. The van der Waals surface area contributed by atoms with Crippen LogP contribution in [0.4, 0.5) is 0 Å². The molecular weight excluding hydrogens is 298 g/mol. The minimum absolute atomic E-state index is 0.0319. The molecule has 0 aromatic heterocycles. The molecule has 0 radical (unpaired) electrons. The number of fused-ring (bicyclic) bond motifs is 1. The summed E-state index contributed by atoms with van der Waals surface area (Å²) in [7, 11) is 1.53. The van der Waals surface area contributed by atoms with Crippen molar-refractivity contribution in [2.75, 3.05) is 12.9 Å². The highest BCUT2D eigenvalue weighted by atomic mass is 32.2. The molecule has 114 valence electrons. The standard InChI is InChI=1S/C17H17NO3S/c1-21-11-6-7-15(19)13(10-11)17(20)18-14-8-9-22-16-5-3-2-4-12(14)16/h2-7,10,14,19H,8-9H2,1H3,(H,18,20). The maximum Gasteiger partial charge on any atom is 0.255 e. The Kier molecular flexibility index (Phi) is 4.24. The SMILES string of the molecule is COc1ccc(O)c(C(=O)NC2CCSc3ccccc32)c1. The zero-order valence-corrected chi connectivity index (χ0v) is 13.0. The number of ether oxygens (including phenoxy) is 1. The van der Waals surface area contributed by atoms with Crippen LogP contribution in [0.15, 0.2) is 47.4 Å². The number of amides is 1. The van der Waals surface area contributed by atoms with Crippen molar-refractivity contribution < 1.29 is 14.6 Å². The highest BCUT2D eigenvalue weighted by Gasteiger charge is 2.23. The first-order chi connectivity index (χ1) is 10.7. The molecule has 0 saturated heterocycles. The molecule has 1 aliphatic heterocycles. The average molecular weight is 315 g/mol. The van der Waals surface area contributed by atoms with Crippen molar-refractivity contribution in [1.82, 2.24) is 5.32 Å². The van der Waals surface area contributed by atoms with E-state index < -0.39 is 0 Å². The number of aromatic hydroxyl groups is 1. The van der Waals surface area contributed by atoms with Crippen molar-refractivity contribution in [3.63, 3.8) is 0 Å². The van der Waals surface area contributed by atoms with Gasteiger partial charge in [-0.3, -0.25) is 4.79 Å². The number of hydrogen-bond acceptors (Lipinski definition) is 4. The Bertz CT molecular complexity index is 702. The van der Waals surface area contributed by atoms with Crippen LogP contribution in [0.5, 0.6) is 11.5 Å². The van der Waals surface area contributed by atoms with Crippen LogP contribution in [0.1, 0.15) is 28.4 Å². The van der Waals surface area contributed by atoms with Gasteiger partial charge in [-0.05, 0) is 36.2 Å². The number of hydrogen-bond donors (Lipinski definition) is 2. The summed E-state index contributed by atoms with van der Waals surface area (Å²) < 4.78 is 5.11. The molecule has 1 heterocycles. The van der Waals surface area contributed by atoms with E-state index in [0.29, 0.717) is 5.75 Å². The van der Waals surface area contributed by atoms with Gasteiger partial charge in [0.2, 0.25) is 0 Å². The fraction of sp³-hybridized carbons (Fsp3) is 0.235. The minimum Gasteiger partial charge on any atom is -0.507 e. The van der Waals surface area contributed by atoms with Crippen molar-refractivity contribution in [3.05, 3.63) is 53.6 Å². The fourth-order valence-electron chi connectivity index (χ4n) is 2.55. The largest absolute Gasteiger partial charge is 0.507 e. The van der Waals surface area contributed by atoms with E-state index in [1.807, 2.05) is 18.2 Å². The predicted molar refractivity (Wildman–Crippen MR) is 86.6 cm³/mol. The second kappa shape index (κ2) is 6.32. The summed E-state index contributed by atoms with van der Waals surface area (Å²) in [4.78, 5) is 13.7. The van der Waals surface area contributed by atoms with Crippen LogP contribution in [0.25, 0.3) is 0 Å². The Labute approximate surface area is 133 Å². The van der Waals surface area contributed by atoms with E-state index in [-0.39, 0.29) is 23.3 Å². The second-order valence-electron chi connectivity index (χ2n) is 5.08. The van der Waals surface area contributed by atoms with E-state index in [1.54, 1.807) is 23.9 Å². The Hall–Kier alpha value is -2.14. The third-order valence-corrected chi connectivity index (χ3v) is 4.83. The van der Waals surface area contributed by atoms with E-state index in [1.165, 1.54) is 18.1 Å². The lowest BCUT2D eigenvalue weighted by atomic mass is 10.0. The van der Waals surface area contributed by atoms with E-state index >= 15 is 0 Å². The Balaban J connectivity index is 1.84. The maximum atomic E-state index is 12.5. The molecule has 0 aliphatic carbocycles. The third kappa shape index (κ3) is 2.90. The number of phenols is 1. The van der Waals surface area contributed by atoms with E-state index in [9.17, 15) is 9.90 Å². The van der Waals surface area contributed by atoms with E-state index in [4.69, 9.17) is 4.74 Å². The molecule has 22 heavy (non-hydrogen) atoms. The van der Waals surface area contributed by atoms with Crippen molar-refractivity contribution in [2.45, 2.75) is 17.4 Å². The summed E-state index contributed by atoms with van der Waals surface area (Å²) in [6, 6.07) is 12.7. The van der Waals surface area contributed by atoms with Gasteiger partial charge in [-0.2, -0.15) is 0 Å². The zero-order chi connectivity index (χ0) is 15.5. The molecule has 1 unspecified atom stereocenters. The molecule has 1 aliphatic rings. The van der Waals surface area contributed by atoms with Crippen molar-refractivity contribution in [1.29, 1.82) is 0 Å². The molecule has 5 heteroatoms. The minimum atomic E-state index is -0.289. The molecule has 3 rings (SSSR count). The van der Waals surface area contributed by atoms with Crippen LogP contribution in [-0.4, -0.2) is 23.9 Å². The molecule has 2 aromatic rings. The lowest BCUT2D eigenvalue weighted by Crippen LogP contribution is -2.30. The number of carbonyl (C=O) groups excluding carboxylic acids is 1. The lowest BCUT2D eigenvalue weighted by molar-refractivity contribution is 0.0932. The third-order valence-electron chi connectivity index (χ3n) is 3.71. The van der Waals surface area contributed by atoms with Crippen LogP contribution in [0.3, 0.4) is 0 Å². The summed E-state index contributed by atoms with van der Waals surface area (Å²) in [6.45, 7) is 0. The molecule has 1 atom stereocenters. The van der Waals surface area contributed by atoms with Crippen molar-refractivity contribution in [2.24, 2.45) is 0 Å². The smallest absolute Gasteiger partial charge is 0.255 e. The first-order valence-electron chi connectivity index (χ1n) is 7.08. The quantitative estimate of drug-likeness (QED) is 0.912. The topological polar surface area (TPSA) is 58.6 Å². The van der Waals surface area contributed by atoms with Gasteiger partial charge < -0.3 is 15.2 Å². The Morgan fingerprint density at radius 1 is 1.32 bits per heavy atom. The van der Waals surface area contributed by atoms with Gasteiger partial charge in [0.05, 0.1) is 18.7 Å². The zero-order valence-electron chi connectivity index (χ0n) is 12.2. The maximum absolute atomic E-state index is 12.5. The molecule has 4 nitrogen and oxygen atoms in total.